The Balaban J connectivity index is 1.76. The van der Waals surface area contributed by atoms with Gasteiger partial charge in [-0.1, -0.05) is 6.92 Å². The van der Waals surface area contributed by atoms with Gasteiger partial charge in [-0.25, -0.2) is 9.78 Å². The number of carboxylic acid groups (broad SMARTS) is 1. The zero-order valence-electron chi connectivity index (χ0n) is 14.2. The average molecular weight is 343 g/mol. The van der Waals surface area contributed by atoms with Crippen molar-refractivity contribution in [2.75, 3.05) is 18.4 Å². The van der Waals surface area contributed by atoms with Gasteiger partial charge in [-0.2, -0.15) is 9.78 Å². The largest absolute Gasteiger partial charge is 0.481 e. The Labute approximate surface area is 145 Å². The van der Waals surface area contributed by atoms with E-state index >= 15 is 0 Å². The van der Waals surface area contributed by atoms with Gasteiger partial charge in [-0.3, -0.25) is 10.1 Å². The molecule has 132 valence electrons. The standard InChI is InChI=1S/C17H21N5O3/c1-11-3-5-18-15(8-11)22-14(4-6-19-22)20-17(25)21-9-12(2)7-13(10-21)16(23)24/h3-6,8,12-13H,7,9-10H2,1-2H3,(H,20,25)(H,23,24). The van der Waals surface area contributed by atoms with Crippen molar-refractivity contribution in [1.82, 2.24) is 19.7 Å². The van der Waals surface area contributed by atoms with E-state index in [0.29, 0.717) is 24.6 Å². The Morgan fingerprint density at radius 2 is 2.08 bits per heavy atom. The summed E-state index contributed by atoms with van der Waals surface area (Å²) in [5, 5.41) is 16.3. The van der Waals surface area contributed by atoms with Crippen LogP contribution in [0.1, 0.15) is 18.9 Å². The number of pyridine rings is 1. The van der Waals surface area contributed by atoms with Crippen LogP contribution in [0.25, 0.3) is 5.82 Å². The van der Waals surface area contributed by atoms with Gasteiger partial charge in [-0.15, -0.1) is 0 Å². The van der Waals surface area contributed by atoms with E-state index in [1.54, 1.807) is 28.0 Å². The van der Waals surface area contributed by atoms with Crippen molar-refractivity contribution in [2.45, 2.75) is 20.3 Å². The molecule has 1 fully saturated rings. The van der Waals surface area contributed by atoms with Crippen LogP contribution < -0.4 is 5.32 Å². The number of rotatable bonds is 3. The van der Waals surface area contributed by atoms with E-state index < -0.39 is 11.9 Å². The molecule has 25 heavy (non-hydrogen) atoms. The van der Waals surface area contributed by atoms with E-state index in [2.05, 4.69) is 15.4 Å². The number of aliphatic carboxylic acids is 1. The summed E-state index contributed by atoms with van der Waals surface area (Å²) in [5.41, 5.74) is 1.03. The highest BCUT2D eigenvalue weighted by Gasteiger charge is 2.32. The van der Waals surface area contributed by atoms with Gasteiger partial charge in [0.15, 0.2) is 5.82 Å². The van der Waals surface area contributed by atoms with E-state index in [0.717, 1.165) is 5.56 Å². The number of hydrogen-bond donors (Lipinski definition) is 2. The number of aryl methyl sites for hydroxylation is 1. The Morgan fingerprint density at radius 1 is 1.28 bits per heavy atom. The molecule has 1 saturated heterocycles. The van der Waals surface area contributed by atoms with Gasteiger partial charge in [0.1, 0.15) is 5.82 Å². The number of aromatic nitrogens is 3. The Morgan fingerprint density at radius 3 is 2.80 bits per heavy atom. The third kappa shape index (κ3) is 3.78. The maximum absolute atomic E-state index is 12.6. The summed E-state index contributed by atoms with van der Waals surface area (Å²) in [6.45, 7) is 4.65. The number of piperidine rings is 1. The maximum atomic E-state index is 12.6. The number of carbonyl (C=O) groups is 2. The van der Waals surface area contributed by atoms with E-state index in [1.165, 1.54) is 0 Å². The summed E-state index contributed by atoms with van der Waals surface area (Å²) in [6.07, 6.45) is 3.85. The summed E-state index contributed by atoms with van der Waals surface area (Å²) in [7, 11) is 0. The third-order valence-corrected chi connectivity index (χ3v) is 4.29. The number of nitrogens with zero attached hydrogens (tertiary/aromatic N) is 4. The number of anilines is 1. The van der Waals surface area contributed by atoms with Crippen molar-refractivity contribution >= 4 is 17.8 Å². The van der Waals surface area contributed by atoms with Gasteiger partial charge < -0.3 is 10.0 Å². The Bertz CT molecular complexity index is 788. The first-order valence-corrected chi connectivity index (χ1v) is 8.20. The first kappa shape index (κ1) is 16.9. The number of hydrogen-bond acceptors (Lipinski definition) is 4. The monoisotopic (exact) mass is 343 g/mol. The highest BCUT2D eigenvalue weighted by Crippen LogP contribution is 2.23. The Hall–Kier alpha value is -2.90. The molecule has 2 unspecified atom stereocenters. The molecule has 2 aromatic rings. The summed E-state index contributed by atoms with van der Waals surface area (Å²) >= 11 is 0. The lowest BCUT2D eigenvalue weighted by molar-refractivity contribution is -0.143. The molecular weight excluding hydrogens is 322 g/mol. The average Bonchev–Trinajstić information content (AvgIpc) is 3.02. The van der Waals surface area contributed by atoms with Crippen molar-refractivity contribution in [3.8, 4) is 5.82 Å². The molecule has 0 saturated carbocycles. The second-order valence-electron chi connectivity index (χ2n) is 6.53. The summed E-state index contributed by atoms with van der Waals surface area (Å²) in [5.74, 6) is -0.149. The fourth-order valence-corrected chi connectivity index (χ4v) is 3.10. The highest BCUT2D eigenvalue weighted by atomic mass is 16.4. The van der Waals surface area contributed by atoms with E-state index in [4.69, 9.17) is 0 Å². The first-order valence-electron chi connectivity index (χ1n) is 8.20. The van der Waals surface area contributed by atoms with Gasteiger partial charge in [0, 0.05) is 25.4 Å². The van der Waals surface area contributed by atoms with Crippen LogP contribution in [0.3, 0.4) is 0 Å². The van der Waals surface area contributed by atoms with Gasteiger partial charge in [0.05, 0.1) is 12.1 Å². The summed E-state index contributed by atoms with van der Waals surface area (Å²) in [6, 6.07) is 5.11. The second-order valence-corrected chi connectivity index (χ2v) is 6.53. The van der Waals surface area contributed by atoms with Crippen LogP contribution in [0.4, 0.5) is 10.6 Å². The molecule has 0 aromatic carbocycles. The molecule has 2 N–H and O–H groups in total. The predicted molar refractivity (Wildman–Crippen MR) is 91.6 cm³/mol. The molecule has 2 atom stereocenters. The minimum absolute atomic E-state index is 0.143. The molecule has 0 bridgehead atoms. The molecule has 8 nitrogen and oxygen atoms in total. The van der Waals surface area contributed by atoms with Crippen LogP contribution in [0.5, 0.6) is 0 Å². The Kier molecular flexibility index (Phi) is 4.69. The third-order valence-electron chi connectivity index (χ3n) is 4.29. The van der Waals surface area contributed by atoms with E-state index in [1.807, 2.05) is 26.0 Å². The zero-order chi connectivity index (χ0) is 18.0. The smallest absolute Gasteiger partial charge is 0.323 e. The number of nitrogens with one attached hydrogen (secondary N) is 1. The number of likely N-dealkylation sites (tertiary alicyclic amines) is 1. The molecule has 1 aliphatic rings. The molecule has 8 heteroatoms. The van der Waals surface area contributed by atoms with Crippen LogP contribution in [0.15, 0.2) is 30.6 Å². The van der Waals surface area contributed by atoms with Crippen LogP contribution in [0.2, 0.25) is 0 Å². The lowest BCUT2D eigenvalue weighted by atomic mass is 9.91. The number of urea groups is 1. The lowest BCUT2D eigenvalue weighted by Crippen LogP contribution is -2.47. The molecule has 2 amide bonds. The zero-order valence-corrected chi connectivity index (χ0v) is 14.2. The van der Waals surface area contributed by atoms with Gasteiger partial charge in [-0.05, 0) is 37.0 Å². The SMILES string of the molecule is Cc1ccnc(-n2nccc2NC(=O)N2CC(C)CC(C(=O)O)C2)c1. The summed E-state index contributed by atoms with van der Waals surface area (Å²) in [4.78, 5) is 29.7. The van der Waals surface area contributed by atoms with Gasteiger partial charge >= 0.3 is 12.0 Å². The van der Waals surface area contributed by atoms with Gasteiger partial charge in [0.2, 0.25) is 0 Å². The molecule has 0 spiro atoms. The highest BCUT2D eigenvalue weighted by molar-refractivity contribution is 5.89. The summed E-state index contributed by atoms with van der Waals surface area (Å²) < 4.78 is 1.55. The van der Waals surface area contributed by atoms with E-state index in [-0.39, 0.29) is 18.5 Å². The normalized spacial score (nSPS) is 20.3. The van der Waals surface area contributed by atoms with Crippen molar-refractivity contribution < 1.29 is 14.7 Å². The molecular formula is C17H21N5O3. The molecule has 0 radical (unpaired) electrons. The molecule has 0 aliphatic carbocycles. The van der Waals surface area contributed by atoms with Crippen LogP contribution in [-0.4, -0.2) is 49.9 Å². The van der Waals surface area contributed by atoms with Crippen molar-refractivity contribution in [3.63, 3.8) is 0 Å². The van der Waals surface area contributed by atoms with Crippen LogP contribution >= 0.6 is 0 Å². The van der Waals surface area contributed by atoms with Crippen LogP contribution in [-0.2, 0) is 4.79 Å². The number of amides is 2. The number of carboxylic acids is 1. The minimum atomic E-state index is -0.863. The maximum Gasteiger partial charge on any atom is 0.323 e. The number of carbonyl (C=O) groups excluding carboxylic acids is 1. The minimum Gasteiger partial charge on any atom is -0.481 e. The van der Waals surface area contributed by atoms with Gasteiger partial charge in [0.25, 0.3) is 0 Å². The van der Waals surface area contributed by atoms with E-state index in [9.17, 15) is 14.7 Å². The van der Waals surface area contributed by atoms with Crippen LogP contribution in [0, 0.1) is 18.8 Å². The topological polar surface area (TPSA) is 100 Å². The second kappa shape index (κ2) is 6.92. The van der Waals surface area contributed by atoms with Crippen molar-refractivity contribution in [1.29, 1.82) is 0 Å². The predicted octanol–water partition coefficient (Wildman–Crippen LogP) is 2.15. The lowest BCUT2D eigenvalue weighted by Gasteiger charge is -2.34. The molecule has 1 aliphatic heterocycles. The molecule has 3 rings (SSSR count). The first-order chi connectivity index (χ1) is 11.9. The van der Waals surface area contributed by atoms with Crippen molar-refractivity contribution in [3.05, 3.63) is 36.2 Å². The van der Waals surface area contributed by atoms with Crippen molar-refractivity contribution in [2.24, 2.45) is 11.8 Å². The fraction of sp³-hybridized carbons (Fsp3) is 0.412. The molecule has 2 aromatic heterocycles. The molecule has 3 heterocycles. The quantitative estimate of drug-likeness (QED) is 0.889. The fourth-order valence-electron chi connectivity index (χ4n) is 3.10.